The second kappa shape index (κ2) is 15.5. The van der Waals surface area contributed by atoms with Gasteiger partial charge >= 0.3 is 0 Å². The van der Waals surface area contributed by atoms with Gasteiger partial charge in [-0.25, -0.2) is 9.97 Å². The predicted molar refractivity (Wildman–Crippen MR) is 242 cm³/mol. The van der Waals surface area contributed by atoms with Crippen molar-refractivity contribution >= 4 is 59.4 Å². The minimum absolute atomic E-state index is 0.690. The Morgan fingerprint density at radius 2 is 1.38 bits per heavy atom. The number of nitrogens with zero attached hydrogens (tertiary/aromatic N) is 3. The van der Waals surface area contributed by atoms with Crippen LogP contribution in [0.3, 0.4) is 0 Å². The second-order valence-corrected chi connectivity index (χ2v) is 14.7. The number of hydrogen-bond donors (Lipinski definition) is 0. The third-order valence-corrected chi connectivity index (χ3v) is 11.3. The molecule has 3 aromatic heterocycles. The molecule has 0 spiro atoms. The summed E-state index contributed by atoms with van der Waals surface area (Å²) in [6.07, 6.45) is 19.1. The van der Waals surface area contributed by atoms with Gasteiger partial charge in [0.2, 0.25) is 0 Å². The van der Waals surface area contributed by atoms with Gasteiger partial charge in [-0.15, -0.1) is 11.3 Å². The van der Waals surface area contributed by atoms with Gasteiger partial charge in [0.25, 0.3) is 0 Å². The molecule has 3 heterocycles. The van der Waals surface area contributed by atoms with Crippen LogP contribution in [0.25, 0.3) is 87.5 Å². The van der Waals surface area contributed by atoms with E-state index in [9.17, 15) is 0 Å². The maximum absolute atomic E-state index is 5.25. The molecule has 0 unspecified atom stereocenters. The van der Waals surface area contributed by atoms with E-state index >= 15 is 0 Å². The summed E-state index contributed by atoms with van der Waals surface area (Å²) >= 11 is 1.88. The molecule has 0 aliphatic carbocycles. The molecule has 0 aliphatic heterocycles. The monoisotopic (exact) mass is 737 g/mol. The van der Waals surface area contributed by atoms with Gasteiger partial charge in [0.05, 0.1) is 22.4 Å². The summed E-state index contributed by atoms with van der Waals surface area (Å²) in [7, 11) is 0. The van der Waals surface area contributed by atoms with Crippen LogP contribution < -0.4 is 0 Å². The lowest BCUT2D eigenvalue weighted by molar-refractivity contribution is 1.06. The minimum Gasteiger partial charge on any atom is -0.308 e. The summed E-state index contributed by atoms with van der Waals surface area (Å²) in [5.41, 5.74) is 10.6. The van der Waals surface area contributed by atoms with Crippen molar-refractivity contribution in [3.63, 3.8) is 0 Å². The highest BCUT2D eigenvalue weighted by molar-refractivity contribution is 7.26. The van der Waals surface area contributed by atoms with Crippen LogP contribution in [0.5, 0.6) is 0 Å². The minimum atomic E-state index is 0.690. The summed E-state index contributed by atoms with van der Waals surface area (Å²) in [6, 6.07) is 49.9. The zero-order valence-electron chi connectivity index (χ0n) is 31.1. The third kappa shape index (κ3) is 6.51. The lowest BCUT2D eigenvalue weighted by Crippen LogP contribution is -2.03. The molecule has 0 saturated heterocycles. The zero-order chi connectivity index (χ0) is 37.8. The summed E-state index contributed by atoms with van der Waals surface area (Å²) in [6.45, 7) is 5.93. The highest BCUT2D eigenvalue weighted by Crippen LogP contribution is 2.45. The molecule has 0 saturated carbocycles. The van der Waals surface area contributed by atoms with Gasteiger partial charge in [0.15, 0.2) is 5.82 Å². The second-order valence-electron chi connectivity index (χ2n) is 13.7. The maximum Gasteiger partial charge on any atom is 0.160 e. The highest BCUT2D eigenvalue weighted by atomic mass is 32.1. The summed E-state index contributed by atoms with van der Waals surface area (Å²) in [4.78, 5) is 10.5. The largest absolute Gasteiger partial charge is 0.308 e. The Morgan fingerprint density at radius 3 is 2.18 bits per heavy atom. The molecule has 0 bridgehead atoms. The van der Waals surface area contributed by atoms with Crippen LogP contribution in [0.1, 0.15) is 18.2 Å². The first-order chi connectivity index (χ1) is 27.7. The quantitative estimate of drug-likeness (QED) is 0.131. The number of benzene rings is 6. The molecule has 3 nitrogen and oxygen atoms in total. The Kier molecular flexibility index (Phi) is 9.63. The molecule has 0 N–H and O–H groups in total. The van der Waals surface area contributed by atoms with Crippen LogP contribution in [0, 0.1) is 0 Å². The number of rotatable bonds is 10. The fourth-order valence-corrected chi connectivity index (χ4v) is 8.90. The van der Waals surface area contributed by atoms with Crippen LogP contribution in [0.4, 0.5) is 0 Å². The summed E-state index contributed by atoms with van der Waals surface area (Å²) < 4.78 is 5.08. The first kappa shape index (κ1) is 34.9. The fraction of sp³-hybridized carbons (Fsp3) is 0.0385. The van der Waals surface area contributed by atoms with E-state index in [1.165, 1.54) is 36.5 Å². The molecule has 9 rings (SSSR count). The number of fused-ring (bicyclic) bond motifs is 7. The number of hydrogen-bond acceptors (Lipinski definition) is 3. The van der Waals surface area contributed by atoms with Crippen LogP contribution in [-0.4, -0.2) is 14.5 Å². The van der Waals surface area contributed by atoms with Crippen molar-refractivity contribution in [2.45, 2.75) is 13.3 Å². The van der Waals surface area contributed by atoms with Crippen molar-refractivity contribution in [2.24, 2.45) is 0 Å². The van der Waals surface area contributed by atoms with Gasteiger partial charge < -0.3 is 4.57 Å². The van der Waals surface area contributed by atoms with Gasteiger partial charge in [-0.1, -0.05) is 164 Å². The van der Waals surface area contributed by atoms with Gasteiger partial charge in [0.1, 0.15) is 0 Å². The van der Waals surface area contributed by atoms with Crippen molar-refractivity contribution in [1.29, 1.82) is 0 Å². The third-order valence-electron chi connectivity index (χ3n) is 10.1. The topological polar surface area (TPSA) is 30.7 Å². The zero-order valence-corrected chi connectivity index (χ0v) is 32.0. The maximum atomic E-state index is 5.25. The van der Waals surface area contributed by atoms with Crippen molar-refractivity contribution in [3.05, 3.63) is 206 Å². The van der Waals surface area contributed by atoms with Crippen LogP contribution in [-0.2, 0) is 6.42 Å². The van der Waals surface area contributed by atoms with E-state index in [0.717, 1.165) is 50.4 Å². The van der Waals surface area contributed by atoms with Crippen LogP contribution in [0.2, 0.25) is 0 Å². The highest BCUT2D eigenvalue weighted by Gasteiger charge is 2.23. The molecule has 9 aromatic rings. The molecule has 0 radical (unpaired) electrons. The summed E-state index contributed by atoms with van der Waals surface area (Å²) in [5.74, 6) is 0.690. The lowest BCUT2D eigenvalue weighted by atomic mass is 9.95. The van der Waals surface area contributed by atoms with E-state index in [0.29, 0.717) is 12.2 Å². The first-order valence-electron chi connectivity index (χ1n) is 19.0. The van der Waals surface area contributed by atoms with E-state index in [1.807, 2.05) is 48.6 Å². The van der Waals surface area contributed by atoms with Crippen LogP contribution in [0.15, 0.2) is 195 Å². The Balaban J connectivity index is 1.36. The van der Waals surface area contributed by atoms with Gasteiger partial charge in [-0.3, -0.25) is 0 Å². The van der Waals surface area contributed by atoms with Crippen molar-refractivity contribution in [3.8, 4) is 39.5 Å². The molecule has 0 aliphatic rings. The molecule has 4 heteroatoms. The predicted octanol–water partition coefficient (Wildman–Crippen LogP) is 14.4. The van der Waals surface area contributed by atoms with E-state index in [-0.39, 0.29) is 0 Å². The number of allylic oxidation sites excluding steroid dienone is 8. The Hall–Kier alpha value is -6.88. The van der Waals surface area contributed by atoms with Gasteiger partial charge in [-0.05, 0) is 54.4 Å². The average molecular weight is 738 g/mol. The molecule has 6 aromatic carbocycles. The van der Waals surface area contributed by atoms with Crippen molar-refractivity contribution in [2.75, 3.05) is 0 Å². The molecule has 268 valence electrons. The molecule has 0 fully saturated rings. The standard InChI is InChI=1S/C52H39N3S/c1-3-5-7-11-25-38-33-39(52-53-40(26-16-8-6-4-2)35-45(54-52)37-23-14-10-15-24-37)34-44(36-21-12-9-13-22-36)50(38)55-46-29-19-17-28-43(46)49-47(55)32-31-42-41-27-18-20-30-48(41)56-51(42)49/h3-25,27-35H,1,26H2,2H3/b6-4-,7-5-,16-8-,25-11+. The molecular weight excluding hydrogens is 699 g/mol. The van der Waals surface area contributed by atoms with Gasteiger partial charge in [-0.2, -0.15) is 0 Å². The van der Waals surface area contributed by atoms with Crippen molar-refractivity contribution in [1.82, 2.24) is 14.5 Å². The van der Waals surface area contributed by atoms with Crippen LogP contribution >= 0.6 is 11.3 Å². The van der Waals surface area contributed by atoms with Gasteiger partial charge in [0, 0.05) is 59.7 Å². The normalized spacial score (nSPS) is 12.2. The Labute approximate surface area is 331 Å². The smallest absolute Gasteiger partial charge is 0.160 e. The van der Waals surface area contributed by atoms with E-state index in [4.69, 9.17) is 9.97 Å². The van der Waals surface area contributed by atoms with E-state index < -0.39 is 0 Å². The fourth-order valence-electron chi connectivity index (χ4n) is 7.64. The first-order valence-corrected chi connectivity index (χ1v) is 19.8. The molecule has 0 amide bonds. The van der Waals surface area contributed by atoms with Crippen molar-refractivity contribution < 1.29 is 0 Å². The molecule has 56 heavy (non-hydrogen) atoms. The lowest BCUT2D eigenvalue weighted by Gasteiger charge is -2.19. The molecule has 0 atom stereocenters. The number of aromatic nitrogens is 3. The van der Waals surface area contributed by atoms with E-state index in [2.05, 4.69) is 169 Å². The Bertz CT molecular complexity index is 3010. The SMILES string of the molecule is C=C/C=C\C=C\c1cc(-c2nc(C/C=C\C=C/C)cc(-c3ccccc3)n2)cc(-c2ccccc2)c1-n1c2ccccc2c2c3sc4ccccc4c3ccc21. The number of thiophene rings is 1. The molecular formula is C52H39N3S. The Morgan fingerprint density at radius 1 is 0.625 bits per heavy atom. The van der Waals surface area contributed by atoms with E-state index in [1.54, 1.807) is 6.08 Å². The number of para-hydroxylation sites is 1. The summed E-state index contributed by atoms with van der Waals surface area (Å²) in [5, 5.41) is 5.10. The average Bonchev–Trinajstić information content (AvgIpc) is 3.80.